The molecule has 0 atom stereocenters. The van der Waals surface area contributed by atoms with Crippen LogP contribution in [0.2, 0.25) is 5.28 Å². The lowest BCUT2D eigenvalue weighted by molar-refractivity contribution is 0.102. The molecular formula is C14H14ClN3O2. The summed E-state index contributed by atoms with van der Waals surface area (Å²) in [7, 11) is 0. The van der Waals surface area contributed by atoms with Crippen LogP contribution in [0, 0.1) is 0 Å². The van der Waals surface area contributed by atoms with Crippen LogP contribution in [0.25, 0.3) is 0 Å². The van der Waals surface area contributed by atoms with Gasteiger partial charge in [0.1, 0.15) is 11.6 Å². The number of hydrogen-bond donors (Lipinski definition) is 1. The van der Waals surface area contributed by atoms with Gasteiger partial charge in [-0.15, -0.1) is 0 Å². The molecule has 6 heteroatoms. The van der Waals surface area contributed by atoms with Crippen LogP contribution in [0.3, 0.4) is 0 Å². The second kappa shape index (κ2) is 6.34. The molecule has 1 amide bonds. The standard InChI is InChI=1S/C14H14ClN3O2/c1-9(2)20-11-5-3-4-10(8-11)13(19)17-12-6-7-16-14(15)18-12/h3-9H,1-2H3,(H,16,17,18,19). The number of nitrogens with zero attached hydrogens (tertiary/aromatic N) is 2. The van der Waals surface area contributed by atoms with Gasteiger partial charge >= 0.3 is 0 Å². The van der Waals surface area contributed by atoms with Gasteiger partial charge in [0.15, 0.2) is 0 Å². The Balaban J connectivity index is 2.13. The quantitative estimate of drug-likeness (QED) is 0.879. The Morgan fingerprint density at radius 2 is 2.15 bits per heavy atom. The van der Waals surface area contributed by atoms with Gasteiger partial charge in [-0.3, -0.25) is 4.79 Å². The monoisotopic (exact) mass is 291 g/mol. The summed E-state index contributed by atoms with van der Waals surface area (Å²) < 4.78 is 5.55. The number of aromatic nitrogens is 2. The molecule has 0 radical (unpaired) electrons. The number of rotatable bonds is 4. The van der Waals surface area contributed by atoms with Crippen molar-refractivity contribution in [1.82, 2.24) is 9.97 Å². The summed E-state index contributed by atoms with van der Waals surface area (Å²) in [6.45, 7) is 3.85. The maximum atomic E-state index is 12.1. The smallest absolute Gasteiger partial charge is 0.256 e. The maximum absolute atomic E-state index is 12.1. The lowest BCUT2D eigenvalue weighted by atomic mass is 10.2. The first kappa shape index (κ1) is 14.3. The van der Waals surface area contributed by atoms with Crippen LogP contribution >= 0.6 is 11.6 Å². The van der Waals surface area contributed by atoms with Gasteiger partial charge in [-0.1, -0.05) is 6.07 Å². The van der Waals surface area contributed by atoms with Gasteiger partial charge in [-0.05, 0) is 49.7 Å². The van der Waals surface area contributed by atoms with Crippen LogP contribution in [-0.4, -0.2) is 22.0 Å². The minimum absolute atomic E-state index is 0.0500. The Morgan fingerprint density at radius 3 is 2.85 bits per heavy atom. The van der Waals surface area contributed by atoms with Gasteiger partial charge in [0.05, 0.1) is 6.10 Å². The molecule has 1 N–H and O–H groups in total. The van der Waals surface area contributed by atoms with Gasteiger partial charge in [-0.25, -0.2) is 9.97 Å². The molecule has 0 fully saturated rings. The molecule has 5 nitrogen and oxygen atoms in total. The molecule has 0 bridgehead atoms. The van der Waals surface area contributed by atoms with E-state index in [1.165, 1.54) is 6.20 Å². The molecule has 2 rings (SSSR count). The highest BCUT2D eigenvalue weighted by molar-refractivity contribution is 6.28. The van der Waals surface area contributed by atoms with E-state index in [1.807, 2.05) is 13.8 Å². The zero-order chi connectivity index (χ0) is 14.5. The van der Waals surface area contributed by atoms with E-state index in [9.17, 15) is 4.79 Å². The largest absolute Gasteiger partial charge is 0.491 e. The van der Waals surface area contributed by atoms with Gasteiger partial charge in [0, 0.05) is 11.8 Å². The lowest BCUT2D eigenvalue weighted by Gasteiger charge is -2.10. The minimum Gasteiger partial charge on any atom is -0.491 e. The fraction of sp³-hybridized carbons (Fsp3) is 0.214. The molecule has 0 saturated heterocycles. The molecule has 20 heavy (non-hydrogen) atoms. The van der Waals surface area contributed by atoms with Gasteiger partial charge in [-0.2, -0.15) is 0 Å². The van der Waals surface area contributed by atoms with E-state index < -0.39 is 0 Å². The Bertz CT molecular complexity index is 617. The SMILES string of the molecule is CC(C)Oc1cccc(C(=O)Nc2ccnc(Cl)n2)c1. The average Bonchev–Trinajstić information content (AvgIpc) is 2.38. The first-order valence-electron chi connectivity index (χ1n) is 6.11. The highest BCUT2D eigenvalue weighted by Crippen LogP contribution is 2.16. The molecule has 0 saturated carbocycles. The van der Waals surface area contributed by atoms with Crippen molar-refractivity contribution in [3.8, 4) is 5.75 Å². The number of hydrogen-bond acceptors (Lipinski definition) is 4. The van der Waals surface area contributed by atoms with Crippen LogP contribution in [0.4, 0.5) is 5.82 Å². The van der Waals surface area contributed by atoms with Crippen molar-refractivity contribution in [2.75, 3.05) is 5.32 Å². The number of carbonyl (C=O) groups excluding carboxylic acids is 1. The topological polar surface area (TPSA) is 64.1 Å². The van der Waals surface area contributed by atoms with Crippen molar-refractivity contribution in [2.24, 2.45) is 0 Å². The van der Waals surface area contributed by atoms with E-state index in [4.69, 9.17) is 16.3 Å². The highest BCUT2D eigenvalue weighted by Gasteiger charge is 2.09. The van der Waals surface area contributed by atoms with Crippen LogP contribution in [0.5, 0.6) is 5.75 Å². The van der Waals surface area contributed by atoms with E-state index >= 15 is 0 Å². The number of nitrogens with one attached hydrogen (secondary N) is 1. The van der Waals surface area contributed by atoms with Crippen molar-refractivity contribution in [1.29, 1.82) is 0 Å². The lowest BCUT2D eigenvalue weighted by Crippen LogP contribution is -2.13. The number of benzene rings is 1. The Hall–Kier alpha value is -2.14. The van der Waals surface area contributed by atoms with E-state index in [1.54, 1.807) is 30.3 Å². The Labute approximate surface area is 122 Å². The zero-order valence-electron chi connectivity index (χ0n) is 11.1. The van der Waals surface area contributed by atoms with E-state index in [-0.39, 0.29) is 17.3 Å². The zero-order valence-corrected chi connectivity index (χ0v) is 11.9. The second-order valence-electron chi connectivity index (χ2n) is 4.36. The first-order chi connectivity index (χ1) is 9.54. The molecule has 1 aromatic carbocycles. The summed E-state index contributed by atoms with van der Waals surface area (Å²) in [6, 6.07) is 8.51. The predicted molar refractivity (Wildman–Crippen MR) is 77.2 cm³/mol. The van der Waals surface area contributed by atoms with Crippen molar-refractivity contribution in [2.45, 2.75) is 20.0 Å². The summed E-state index contributed by atoms with van der Waals surface area (Å²) in [5.41, 5.74) is 0.484. The van der Waals surface area contributed by atoms with Crippen LogP contribution < -0.4 is 10.1 Å². The van der Waals surface area contributed by atoms with Crippen molar-refractivity contribution < 1.29 is 9.53 Å². The van der Waals surface area contributed by atoms with Gasteiger partial charge < -0.3 is 10.1 Å². The minimum atomic E-state index is -0.283. The fourth-order valence-corrected chi connectivity index (χ4v) is 1.72. The van der Waals surface area contributed by atoms with Crippen LogP contribution in [0.1, 0.15) is 24.2 Å². The molecule has 0 unspecified atom stereocenters. The number of ether oxygens (including phenoxy) is 1. The first-order valence-corrected chi connectivity index (χ1v) is 6.49. The number of halogens is 1. The fourth-order valence-electron chi connectivity index (χ4n) is 1.58. The summed E-state index contributed by atoms with van der Waals surface area (Å²) in [5, 5.41) is 2.73. The van der Waals surface area contributed by atoms with Crippen molar-refractivity contribution in [3.63, 3.8) is 0 Å². The molecule has 0 spiro atoms. The Kier molecular flexibility index (Phi) is 4.53. The molecule has 0 aliphatic heterocycles. The van der Waals surface area contributed by atoms with Gasteiger partial charge in [0.25, 0.3) is 5.91 Å². The molecule has 104 valence electrons. The van der Waals surface area contributed by atoms with Gasteiger partial charge in [0.2, 0.25) is 5.28 Å². The normalized spacial score (nSPS) is 10.4. The number of carbonyl (C=O) groups is 1. The molecule has 1 aromatic heterocycles. The summed E-state index contributed by atoms with van der Waals surface area (Å²) in [6.07, 6.45) is 1.53. The second-order valence-corrected chi connectivity index (χ2v) is 4.70. The highest BCUT2D eigenvalue weighted by atomic mass is 35.5. The maximum Gasteiger partial charge on any atom is 0.256 e. The molecule has 0 aliphatic carbocycles. The van der Waals surface area contributed by atoms with E-state index in [2.05, 4.69) is 15.3 Å². The predicted octanol–water partition coefficient (Wildman–Crippen LogP) is 3.17. The summed E-state index contributed by atoms with van der Waals surface area (Å²) in [5.74, 6) is 0.715. The molecule has 2 aromatic rings. The van der Waals surface area contributed by atoms with Crippen LogP contribution in [0.15, 0.2) is 36.5 Å². The van der Waals surface area contributed by atoms with E-state index in [0.717, 1.165) is 0 Å². The number of amides is 1. The number of anilines is 1. The van der Waals surface area contributed by atoms with Crippen molar-refractivity contribution in [3.05, 3.63) is 47.4 Å². The van der Waals surface area contributed by atoms with Crippen LogP contribution in [-0.2, 0) is 0 Å². The molecule has 1 heterocycles. The third kappa shape index (κ3) is 3.93. The third-order valence-electron chi connectivity index (χ3n) is 2.34. The summed E-state index contributed by atoms with van der Waals surface area (Å²) in [4.78, 5) is 19.7. The average molecular weight is 292 g/mol. The third-order valence-corrected chi connectivity index (χ3v) is 2.52. The Morgan fingerprint density at radius 1 is 1.35 bits per heavy atom. The molecule has 0 aliphatic rings. The van der Waals surface area contributed by atoms with Crippen molar-refractivity contribution >= 4 is 23.3 Å². The van der Waals surface area contributed by atoms with E-state index in [0.29, 0.717) is 17.1 Å². The summed E-state index contributed by atoms with van der Waals surface area (Å²) >= 11 is 5.66. The molecular weight excluding hydrogens is 278 g/mol.